The van der Waals surface area contributed by atoms with E-state index in [2.05, 4.69) is 13.0 Å². The normalized spacial score (nSPS) is 38.7. The third-order valence-electron chi connectivity index (χ3n) is 7.01. The Balaban J connectivity index is 1.59. The van der Waals surface area contributed by atoms with Gasteiger partial charge in [0.05, 0.1) is 6.10 Å². The summed E-state index contributed by atoms with van der Waals surface area (Å²) in [5.41, 5.74) is 3.19. The fourth-order valence-corrected chi connectivity index (χ4v) is 5.94. The van der Waals surface area contributed by atoms with Crippen molar-refractivity contribution in [2.24, 2.45) is 17.3 Å². The van der Waals surface area contributed by atoms with E-state index in [9.17, 15) is 5.11 Å². The van der Waals surface area contributed by atoms with Crippen LogP contribution in [0.2, 0.25) is 0 Å². The summed E-state index contributed by atoms with van der Waals surface area (Å²) in [4.78, 5) is 0. The Kier molecular flexibility index (Phi) is 3.89. The minimum atomic E-state index is 0.314. The third-order valence-corrected chi connectivity index (χ3v) is 7.01. The molecule has 3 heteroatoms. The Morgan fingerprint density at radius 3 is 2.91 bits per heavy atom. The van der Waals surface area contributed by atoms with E-state index >= 15 is 0 Å². The minimum Gasteiger partial charge on any atom is -0.508 e. The van der Waals surface area contributed by atoms with Crippen LogP contribution in [-0.2, 0) is 15.9 Å². The molecule has 0 aliphatic heterocycles. The van der Waals surface area contributed by atoms with Crippen molar-refractivity contribution in [1.29, 1.82) is 0 Å². The maximum Gasteiger partial charge on any atom is 0.146 e. The van der Waals surface area contributed by atoms with E-state index in [0.29, 0.717) is 30.0 Å². The van der Waals surface area contributed by atoms with Crippen LogP contribution in [0.3, 0.4) is 0 Å². The second-order valence-electron chi connectivity index (χ2n) is 7.98. The molecule has 3 nitrogen and oxygen atoms in total. The number of aryl methyl sites for hydroxylation is 1. The predicted molar refractivity (Wildman–Crippen MR) is 89.5 cm³/mol. The number of aromatic hydroxyl groups is 1. The average molecular weight is 316 g/mol. The van der Waals surface area contributed by atoms with Crippen LogP contribution in [0.25, 0.3) is 0 Å². The second kappa shape index (κ2) is 5.78. The quantitative estimate of drug-likeness (QED) is 0.848. The number of fused-ring (bicyclic) bond motifs is 5. The van der Waals surface area contributed by atoms with Gasteiger partial charge in [-0.1, -0.05) is 13.0 Å². The number of methoxy groups -OCH3 is 1. The molecule has 126 valence electrons. The van der Waals surface area contributed by atoms with Crippen LogP contribution >= 0.6 is 0 Å². The van der Waals surface area contributed by atoms with Gasteiger partial charge in [-0.3, -0.25) is 0 Å². The van der Waals surface area contributed by atoms with Gasteiger partial charge < -0.3 is 14.6 Å². The second-order valence-corrected chi connectivity index (χ2v) is 7.98. The average Bonchev–Trinajstić information content (AvgIpc) is 2.89. The minimum absolute atomic E-state index is 0.314. The molecule has 0 spiro atoms. The van der Waals surface area contributed by atoms with Gasteiger partial charge in [0.1, 0.15) is 12.5 Å². The van der Waals surface area contributed by atoms with Crippen LogP contribution < -0.4 is 0 Å². The zero-order valence-corrected chi connectivity index (χ0v) is 14.3. The van der Waals surface area contributed by atoms with Gasteiger partial charge in [-0.15, -0.1) is 0 Å². The molecule has 3 unspecified atom stereocenters. The molecule has 23 heavy (non-hydrogen) atoms. The Morgan fingerprint density at radius 1 is 1.22 bits per heavy atom. The number of ether oxygens (including phenoxy) is 2. The maximum atomic E-state index is 9.76. The molecule has 2 saturated carbocycles. The summed E-state index contributed by atoms with van der Waals surface area (Å²) in [5, 5.41) is 9.76. The lowest BCUT2D eigenvalue weighted by Crippen LogP contribution is -2.44. The van der Waals surface area contributed by atoms with Gasteiger partial charge in [0.2, 0.25) is 0 Å². The molecule has 0 heterocycles. The Morgan fingerprint density at radius 2 is 2.09 bits per heavy atom. The highest BCUT2D eigenvalue weighted by molar-refractivity contribution is 5.40. The standard InChI is InChI=1S/C20H28O3/c1-20-10-9-16-15-6-4-14(21)11-13(15)3-5-17(16)18(20)7-8-19(20)23-12-22-2/h4,6,11,16-19,21H,3,5,7-10,12H2,1-2H3/t16?,17?,18?,19-,20-/m0/s1. The third kappa shape index (κ3) is 2.40. The molecule has 4 rings (SSSR count). The van der Waals surface area contributed by atoms with Crippen molar-refractivity contribution in [3.8, 4) is 5.75 Å². The zero-order valence-electron chi connectivity index (χ0n) is 14.3. The molecule has 1 aromatic rings. The zero-order chi connectivity index (χ0) is 16.0. The van der Waals surface area contributed by atoms with Crippen LogP contribution in [0.5, 0.6) is 5.75 Å². The smallest absolute Gasteiger partial charge is 0.146 e. The molecule has 0 aromatic heterocycles. The summed E-state index contributed by atoms with van der Waals surface area (Å²) in [6.07, 6.45) is 7.69. The predicted octanol–water partition coefficient (Wildman–Crippen LogP) is 4.24. The summed E-state index contributed by atoms with van der Waals surface area (Å²) < 4.78 is 11.2. The van der Waals surface area contributed by atoms with Gasteiger partial charge >= 0.3 is 0 Å². The number of phenolic OH excluding ortho intramolecular Hbond substituents is 1. The highest BCUT2D eigenvalue weighted by Gasteiger charge is 2.55. The van der Waals surface area contributed by atoms with Crippen molar-refractivity contribution >= 4 is 0 Å². The number of hydrogen-bond acceptors (Lipinski definition) is 3. The van der Waals surface area contributed by atoms with Crippen molar-refractivity contribution in [2.75, 3.05) is 13.9 Å². The molecule has 0 radical (unpaired) electrons. The highest BCUT2D eigenvalue weighted by atomic mass is 16.7. The molecule has 1 aromatic carbocycles. The molecule has 0 bridgehead atoms. The molecule has 0 saturated heterocycles. The van der Waals surface area contributed by atoms with Gasteiger partial charge in [-0.05, 0) is 85.0 Å². The topological polar surface area (TPSA) is 38.7 Å². The summed E-state index contributed by atoms with van der Waals surface area (Å²) in [6.45, 7) is 2.87. The van der Waals surface area contributed by atoms with Crippen LogP contribution in [0.4, 0.5) is 0 Å². The van der Waals surface area contributed by atoms with E-state index in [0.717, 1.165) is 18.3 Å². The fourth-order valence-electron chi connectivity index (χ4n) is 5.94. The molecule has 1 N–H and O–H groups in total. The lowest BCUT2D eigenvalue weighted by Gasteiger charge is -2.50. The van der Waals surface area contributed by atoms with Gasteiger partial charge in [0.15, 0.2) is 0 Å². The Labute approximate surface area is 139 Å². The van der Waals surface area contributed by atoms with E-state index in [4.69, 9.17) is 9.47 Å². The van der Waals surface area contributed by atoms with E-state index in [1.54, 1.807) is 7.11 Å². The van der Waals surface area contributed by atoms with Crippen molar-refractivity contribution < 1.29 is 14.6 Å². The van der Waals surface area contributed by atoms with Gasteiger partial charge in [-0.25, -0.2) is 0 Å². The monoisotopic (exact) mass is 316 g/mol. The molecule has 3 aliphatic rings. The van der Waals surface area contributed by atoms with Gasteiger partial charge in [-0.2, -0.15) is 0 Å². The number of hydrogen-bond donors (Lipinski definition) is 1. The van der Waals surface area contributed by atoms with Crippen molar-refractivity contribution in [2.45, 2.75) is 57.5 Å². The van der Waals surface area contributed by atoms with Crippen LogP contribution in [0.1, 0.15) is 56.1 Å². The van der Waals surface area contributed by atoms with Crippen molar-refractivity contribution in [3.05, 3.63) is 29.3 Å². The lowest BCUT2D eigenvalue weighted by molar-refractivity contribution is -0.125. The fraction of sp³-hybridized carbons (Fsp3) is 0.700. The first-order valence-electron chi connectivity index (χ1n) is 9.06. The van der Waals surface area contributed by atoms with Crippen molar-refractivity contribution in [1.82, 2.24) is 0 Å². The first-order chi connectivity index (χ1) is 11.1. The van der Waals surface area contributed by atoms with E-state index in [-0.39, 0.29) is 0 Å². The molecule has 0 amide bonds. The number of phenols is 1. The van der Waals surface area contributed by atoms with E-state index in [1.165, 1.54) is 43.2 Å². The van der Waals surface area contributed by atoms with Crippen molar-refractivity contribution in [3.63, 3.8) is 0 Å². The summed E-state index contributed by atoms with van der Waals surface area (Å²) in [7, 11) is 1.71. The van der Waals surface area contributed by atoms with Gasteiger partial charge in [0.25, 0.3) is 0 Å². The molecule has 2 fully saturated rings. The SMILES string of the molecule is COCO[C@H]1CCC2C3CCc4cc(O)ccc4C3CC[C@@]21C. The van der Waals surface area contributed by atoms with Crippen LogP contribution in [-0.4, -0.2) is 25.1 Å². The maximum absolute atomic E-state index is 9.76. The molecular formula is C20H28O3. The lowest BCUT2D eigenvalue weighted by atomic mass is 9.55. The summed E-state index contributed by atoms with van der Waals surface area (Å²) >= 11 is 0. The van der Waals surface area contributed by atoms with Crippen LogP contribution in [0, 0.1) is 17.3 Å². The first kappa shape index (κ1) is 15.5. The molecule has 3 aliphatic carbocycles. The highest BCUT2D eigenvalue weighted by Crippen LogP contribution is 2.61. The summed E-state index contributed by atoms with van der Waals surface area (Å²) in [6, 6.07) is 6.03. The molecule has 5 atom stereocenters. The Hall–Kier alpha value is -1.06. The number of benzene rings is 1. The first-order valence-corrected chi connectivity index (χ1v) is 9.06. The largest absolute Gasteiger partial charge is 0.508 e. The summed E-state index contributed by atoms with van der Waals surface area (Å²) in [5.74, 6) is 2.64. The van der Waals surface area contributed by atoms with E-state index in [1.807, 2.05) is 12.1 Å². The number of rotatable bonds is 3. The Bertz CT molecular complexity index is 584. The molecular weight excluding hydrogens is 288 g/mol. The van der Waals surface area contributed by atoms with Crippen LogP contribution in [0.15, 0.2) is 18.2 Å². The van der Waals surface area contributed by atoms with Gasteiger partial charge in [0, 0.05) is 7.11 Å². The van der Waals surface area contributed by atoms with E-state index < -0.39 is 0 Å².